The van der Waals surface area contributed by atoms with Gasteiger partial charge in [0.1, 0.15) is 12.4 Å². The third kappa shape index (κ3) is 8.30. The highest BCUT2D eigenvalue weighted by Crippen LogP contribution is 2.14. The van der Waals surface area contributed by atoms with E-state index in [1.165, 1.54) is 5.56 Å². The number of pyridine rings is 1. The van der Waals surface area contributed by atoms with Crippen molar-refractivity contribution in [3.63, 3.8) is 0 Å². The lowest BCUT2D eigenvalue weighted by atomic mass is 10.1. The molecule has 1 aromatic carbocycles. The van der Waals surface area contributed by atoms with Crippen LogP contribution in [0.3, 0.4) is 0 Å². The van der Waals surface area contributed by atoms with Gasteiger partial charge in [0.05, 0.1) is 13.7 Å². The number of aliphatic imine (C=N–C) groups is 1. The molecular formula is C20H29IN4O3. The van der Waals surface area contributed by atoms with Crippen LogP contribution < -0.4 is 20.1 Å². The zero-order valence-corrected chi connectivity index (χ0v) is 18.9. The standard InChI is InChI=1S/C20H28N4O3.HI/c1-21-20(23-12-10-16-6-8-18(26-3)9-7-16)24-15-17-5-4-11-22-19(17)27-14-13-25-2;/h4-9,11H,10,12-15H2,1-3H3,(H2,21,23,24);1H. The number of rotatable bonds is 10. The summed E-state index contributed by atoms with van der Waals surface area (Å²) in [6.07, 6.45) is 2.61. The zero-order valence-electron chi connectivity index (χ0n) is 16.6. The SMILES string of the molecule is CN=C(NCCc1ccc(OC)cc1)NCc1cccnc1OCCOC.I. The van der Waals surface area contributed by atoms with Crippen LogP contribution in [0.2, 0.25) is 0 Å². The summed E-state index contributed by atoms with van der Waals surface area (Å²) >= 11 is 0. The van der Waals surface area contributed by atoms with Crippen molar-refractivity contribution >= 4 is 29.9 Å². The number of nitrogens with one attached hydrogen (secondary N) is 2. The fourth-order valence-electron chi connectivity index (χ4n) is 2.43. The van der Waals surface area contributed by atoms with Crippen molar-refractivity contribution in [2.45, 2.75) is 13.0 Å². The van der Waals surface area contributed by atoms with E-state index in [2.05, 4.69) is 32.7 Å². The van der Waals surface area contributed by atoms with Crippen LogP contribution in [-0.4, -0.2) is 52.0 Å². The van der Waals surface area contributed by atoms with E-state index in [0.717, 1.165) is 30.2 Å². The average molecular weight is 500 g/mol. The van der Waals surface area contributed by atoms with Gasteiger partial charge in [-0.2, -0.15) is 0 Å². The molecular weight excluding hydrogens is 471 g/mol. The van der Waals surface area contributed by atoms with Crippen LogP contribution in [0.5, 0.6) is 11.6 Å². The maximum absolute atomic E-state index is 5.65. The molecule has 0 saturated heterocycles. The lowest BCUT2D eigenvalue weighted by Crippen LogP contribution is -2.38. The van der Waals surface area contributed by atoms with Gasteiger partial charge in [-0.05, 0) is 30.2 Å². The summed E-state index contributed by atoms with van der Waals surface area (Å²) in [6.45, 7) is 2.34. The molecule has 0 atom stereocenters. The molecule has 0 unspecified atom stereocenters. The maximum Gasteiger partial charge on any atom is 0.218 e. The first-order valence-corrected chi connectivity index (χ1v) is 8.90. The topological polar surface area (TPSA) is 77.0 Å². The van der Waals surface area contributed by atoms with Gasteiger partial charge in [-0.25, -0.2) is 4.98 Å². The second-order valence-corrected chi connectivity index (χ2v) is 5.76. The summed E-state index contributed by atoms with van der Waals surface area (Å²) < 4.78 is 15.8. The van der Waals surface area contributed by atoms with Crippen molar-refractivity contribution in [1.29, 1.82) is 0 Å². The molecule has 7 nitrogen and oxygen atoms in total. The number of nitrogens with zero attached hydrogens (tertiary/aromatic N) is 2. The van der Waals surface area contributed by atoms with Gasteiger partial charge in [0.2, 0.25) is 5.88 Å². The predicted octanol–water partition coefficient (Wildman–Crippen LogP) is 2.64. The van der Waals surface area contributed by atoms with Crippen LogP contribution in [0.25, 0.3) is 0 Å². The number of hydrogen-bond donors (Lipinski definition) is 2. The molecule has 0 aliphatic rings. The van der Waals surface area contributed by atoms with Crippen LogP contribution in [-0.2, 0) is 17.7 Å². The Morgan fingerprint density at radius 1 is 1.07 bits per heavy atom. The first-order valence-electron chi connectivity index (χ1n) is 8.90. The van der Waals surface area contributed by atoms with Gasteiger partial charge in [0.25, 0.3) is 0 Å². The third-order valence-electron chi connectivity index (χ3n) is 3.91. The highest BCUT2D eigenvalue weighted by Gasteiger charge is 2.06. The van der Waals surface area contributed by atoms with Gasteiger partial charge < -0.3 is 24.8 Å². The van der Waals surface area contributed by atoms with Crippen molar-refractivity contribution in [3.8, 4) is 11.6 Å². The second kappa shape index (κ2) is 14.0. The Hall–Kier alpha value is -2.07. The first-order chi connectivity index (χ1) is 13.3. The molecule has 2 N–H and O–H groups in total. The number of aromatic nitrogens is 1. The van der Waals surface area contributed by atoms with Crippen LogP contribution in [0.1, 0.15) is 11.1 Å². The van der Waals surface area contributed by atoms with Gasteiger partial charge in [0.15, 0.2) is 5.96 Å². The summed E-state index contributed by atoms with van der Waals surface area (Å²) in [5.41, 5.74) is 2.20. The van der Waals surface area contributed by atoms with Crippen molar-refractivity contribution in [3.05, 3.63) is 53.7 Å². The molecule has 0 radical (unpaired) electrons. The molecule has 154 valence electrons. The normalized spacial score (nSPS) is 10.8. The van der Waals surface area contributed by atoms with Gasteiger partial charge in [-0.3, -0.25) is 4.99 Å². The lowest BCUT2D eigenvalue weighted by Gasteiger charge is -2.14. The Labute approximate surface area is 183 Å². The van der Waals surface area contributed by atoms with E-state index in [9.17, 15) is 0 Å². The van der Waals surface area contributed by atoms with Crippen molar-refractivity contribution < 1.29 is 14.2 Å². The summed E-state index contributed by atoms with van der Waals surface area (Å²) in [5.74, 6) is 2.20. The Bertz CT molecular complexity index is 711. The highest BCUT2D eigenvalue weighted by molar-refractivity contribution is 14.0. The Kier molecular flexibility index (Phi) is 12.0. The van der Waals surface area contributed by atoms with Crippen LogP contribution in [0, 0.1) is 0 Å². The molecule has 0 aliphatic carbocycles. The smallest absolute Gasteiger partial charge is 0.218 e. The average Bonchev–Trinajstić information content (AvgIpc) is 2.72. The molecule has 1 heterocycles. The Balaban J connectivity index is 0.00000392. The van der Waals surface area contributed by atoms with Crippen LogP contribution in [0.4, 0.5) is 0 Å². The molecule has 2 rings (SSSR count). The quantitative estimate of drug-likeness (QED) is 0.226. The first kappa shape index (κ1) is 24.0. The van der Waals surface area contributed by atoms with Gasteiger partial charge in [0, 0.05) is 39.0 Å². The lowest BCUT2D eigenvalue weighted by molar-refractivity contribution is 0.143. The number of benzene rings is 1. The second-order valence-electron chi connectivity index (χ2n) is 5.76. The minimum Gasteiger partial charge on any atom is -0.497 e. The van der Waals surface area contributed by atoms with Crippen molar-refractivity contribution in [1.82, 2.24) is 15.6 Å². The maximum atomic E-state index is 5.65. The Morgan fingerprint density at radius 2 is 1.86 bits per heavy atom. The van der Waals surface area contributed by atoms with Gasteiger partial charge in [-0.15, -0.1) is 24.0 Å². The number of hydrogen-bond acceptors (Lipinski definition) is 5. The fourth-order valence-corrected chi connectivity index (χ4v) is 2.43. The van der Waals surface area contributed by atoms with E-state index in [4.69, 9.17) is 14.2 Å². The Morgan fingerprint density at radius 3 is 2.54 bits per heavy atom. The molecule has 0 spiro atoms. The van der Waals surface area contributed by atoms with Crippen LogP contribution >= 0.6 is 24.0 Å². The van der Waals surface area contributed by atoms with Crippen molar-refractivity contribution in [2.24, 2.45) is 4.99 Å². The largest absolute Gasteiger partial charge is 0.497 e. The van der Waals surface area contributed by atoms with Gasteiger partial charge in [-0.1, -0.05) is 18.2 Å². The molecule has 0 saturated carbocycles. The number of ether oxygens (including phenoxy) is 3. The van der Waals surface area contributed by atoms with E-state index in [1.807, 2.05) is 24.3 Å². The number of methoxy groups -OCH3 is 2. The van der Waals surface area contributed by atoms with Crippen LogP contribution in [0.15, 0.2) is 47.6 Å². The van der Waals surface area contributed by atoms with E-state index in [-0.39, 0.29) is 24.0 Å². The monoisotopic (exact) mass is 500 g/mol. The molecule has 0 bridgehead atoms. The number of guanidine groups is 1. The van der Waals surface area contributed by atoms with E-state index >= 15 is 0 Å². The summed E-state index contributed by atoms with van der Waals surface area (Å²) in [4.78, 5) is 8.54. The molecule has 28 heavy (non-hydrogen) atoms. The fraction of sp³-hybridized carbons (Fsp3) is 0.400. The van der Waals surface area contributed by atoms with Crippen molar-refractivity contribution in [2.75, 3.05) is 41.0 Å². The number of halogens is 1. The summed E-state index contributed by atoms with van der Waals surface area (Å²) in [5, 5.41) is 6.60. The zero-order chi connectivity index (χ0) is 19.3. The molecule has 0 fully saturated rings. The minimum absolute atomic E-state index is 0. The molecule has 8 heteroatoms. The molecule has 0 aliphatic heterocycles. The molecule has 1 aromatic heterocycles. The van der Waals surface area contributed by atoms with E-state index < -0.39 is 0 Å². The predicted molar refractivity (Wildman–Crippen MR) is 122 cm³/mol. The minimum atomic E-state index is 0. The van der Waals surface area contributed by atoms with E-state index in [0.29, 0.717) is 25.6 Å². The summed E-state index contributed by atoms with van der Waals surface area (Å²) in [6, 6.07) is 11.9. The highest BCUT2D eigenvalue weighted by atomic mass is 127. The summed E-state index contributed by atoms with van der Waals surface area (Å²) in [7, 11) is 5.07. The third-order valence-corrected chi connectivity index (χ3v) is 3.91. The van der Waals surface area contributed by atoms with E-state index in [1.54, 1.807) is 27.5 Å². The van der Waals surface area contributed by atoms with Gasteiger partial charge >= 0.3 is 0 Å². The molecule has 0 amide bonds. The molecule has 2 aromatic rings.